The van der Waals surface area contributed by atoms with Crippen molar-refractivity contribution in [2.24, 2.45) is 34.3 Å². The summed E-state index contributed by atoms with van der Waals surface area (Å²) in [4.78, 5) is 24.1. The number of hydrogen-bond acceptors (Lipinski definition) is 4. The lowest BCUT2D eigenvalue weighted by atomic mass is 9.47. The molecule has 200 valence electrons. The largest absolute Gasteiger partial charge is 0.462 e. The number of allylic oxidation sites excluding steroid dienone is 3. The van der Waals surface area contributed by atoms with Gasteiger partial charge in [-0.3, -0.25) is 9.59 Å². The van der Waals surface area contributed by atoms with Crippen molar-refractivity contribution < 1.29 is 14.3 Å². The quantitative estimate of drug-likeness (QED) is 0.186. The van der Waals surface area contributed by atoms with Crippen LogP contribution in [-0.2, 0) is 14.3 Å². The molecular formula is C31H34Cl2N2O3. The van der Waals surface area contributed by atoms with Gasteiger partial charge >= 0.3 is 5.97 Å². The Morgan fingerprint density at radius 1 is 1.11 bits per heavy atom. The predicted molar refractivity (Wildman–Crippen MR) is 149 cm³/mol. The average Bonchev–Trinajstić information content (AvgIpc) is 3.13. The monoisotopic (exact) mass is 552 g/mol. The Kier molecular flexibility index (Phi) is 7.03. The molecule has 1 amide bonds. The number of esters is 1. The van der Waals surface area contributed by atoms with Gasteiger partial charge in [0.15, 0.2) is 0 Å². The molecule has 3 fully saturated rings. The Labute approximate surface area is 234 Å². The molecule has 0 bridgehead atoms. The number of nitrogens with two attached hydrogens (primary N) is 1. The molecule has 6 atom stereocenters. The van der Waals surface area contributed by atoms with Crippen molar-refractivity contribution in [3.8, 4) is 6.07 Å². The van der Waals surface area contributed by atoms with E-state index in [1.54, 1.807) is 6.07 Å². The number of carbonyl (C=O) groups excluding carboxylic acids is 2. The first-order valence-corrected chi connectivity index (χ1v) is 14.2. The fourth-order valence-corrected chi connectivity index (χ4v) is 8.60. The van der Waals surface area contributed by atoms with E-state index in [2.05, 4.69) is 26.0 Å². The van der Waals surface area contributed by atoms with Gasteiger partial charge in [0, 0.05) is 13.3 Å². The molecule has 4 aliphatic carbocycles. The van der Waals surface area contributed by atoms with E-state index >= 15 is 0 Å². The number of amides is 1. The lowest BCUT2D eigenvalue weighted by Crippen LogP contribution is -2.50. The van der Waals surface area contributed by atoms with Crippen molar-refractivity contribution in [3.63, 3.8) is 0 Å². The van der Waals surface area contributed by atoms with Gasteiger partial charge in [0.05, 0.1) is 10.0 Å². The van der Waals surface area contributed by atoms with E-state index in [1.165, 1.54) is 12.5 Å². The maximum Gasteiger partial charge on any atom is 0.302 e. The number of nitriles is 1. The number of rotatable bonds is 3. The van der Waals surface area contributed by atoms with Gasteiger partial charge in [-0.25, -0.2) is 0 Å². The van der Waals surface area contributed by atoms with E-state index in [0.29, 0.717) is 21.9 Å². The van der Waals surface area contributed by atoms with E-state index in [9.17, 15) is 14.9 Å². The van der Waals surface area contributed by atoms with Crippen LogP contribution in [0.5, 0.6) is 0 Å². The van der Waals surface area contributed by atoms with Gasteiger partial charge in [-0.05, 0) is 96.0 Å². The van der Waals surface area contributed by atoms with Crippen LogP contribution in [0, 0.1) is 39.9 Å². The highest BCUT2D eigenvalue weighted by atomic mass is 35.5. The summed E-state index contributed by atoms with van der Waals surface area (Å²) >= 11 is 12.4. The molecule has 1 aromatic carbocycles. The van der Waals surface area contributed by atoms with Crippen molar-refractivity contribution in [2.75, 3.05) is 0 Å². The molecule has 5 rings (SSSR count). The topological polar surface area (TPSA) is 93.2 Å². The summed E-state index contributed by atoms with van der Waals surface area (Å²) in [5, 5.41) is 11.0. The summed E-state index contributed by atoms with van der Waals surface area (Å²) in [5.74, 6) is 0.330. The molecule has 0 aliphatic heterocycles. The number of fused-ring (bicyclic) bond motifs is 5. The second kappa shape index (κ2) is 9.88. The van der Waals surface area contributed by atoms with Crippen LogP contribution in [0.25, 0.3) is 6.08 Å². The maximum absolute atomic E-state index is 12.5. The average molecular weight is 554 g/mol. The van der Waals surface area contributed by atoms with Crippen molar-refractivity contribution >= 4 is 41.2 Å². The lowest BCUT2D eigenvalue weighted by Gasteiger charge is -2.57. The predicted octanol–water partition coefficient (Wildman–Crippen LogP) is 7.19. The zero-order valence-electron chi connectivity index (χ0n) is 22.2. The zero-order valence-corrected chi connectivity index (χ0v) is 23.7. The zero-order chi connectivity index (χ0) is 27.4. The minimum absolute atomic E-state index is 0.0345. The second-order valence-electron chi connectivity index (χ2n) is 12.0. The van der Waals surface area contributed by atoms with Crippen LogP contribution in [0.1, 0.15) is 71.3 Å². The van der Waals surface area contributed by atoms with Crippen LogP contribution in [-0.4, -0.2) is 18.0 Å². The summed E-state index contributed by atoms with van der Waals surface area (Å²) in [5.41, 5.74) is 9.69. The first-order chi connectivity index (χ1) is 18.0. The van der Waals surface area contributed by atoms with E-state index in [1.807, 2.05) is 18.2 Å². The molecule has 2 N–H and O–H groups in total. The van der Waals surface area contributed by atoms with Crippen LogP contribution in [0.15, 0.2) is 46.6 Å². The summed E-state index contributed by atoms with van der Waals surface area (Å²) in [6, 6.07) is 7.63. The fourth-order valence-electron chi connectivity index (χ4n) is 8.29. The molecule has 0 aromatic heterocycles. The molecule has 1 aromatic rings. The highest BCUT2D eigenvalue weighted by Gasteiger charge is 2.59. The Balaban J connectivity index is 1.56. The summed E-state index contributed by atoms with van der Waals surface area (Å²) in [6.45, 7) is 6.10. The second-order valence-corrected chi connectivity index (χ2v) is 12.8. The van der Waals surface area contributed by atoms with Gasteiger partial charge in [0.25, 0.3) is 5.91 Å². The minimum atomic E-state index is -0.673. The number of nitrogens with zero attached hydrogens (tertiary/aromatic N) is 1. The first-order valence-electron chi connectivity index (χ1n) is 13.5. The van der Waals surface area contributed by atoms with Gasteiger partial charge in [0.1, 0.15) is 17.7 Å². The Hall–Kier alpha value is -2.55. The third-order valence-electron chi connectivity index (χ3n) is 10.0. The molecule has 7 heteroatoms. The van der Waals surface area contributed by atoms with E-state index in [0.717, 1.165) is 61.7 Å². The Morgan fingerprint density at radius 2 is 1.84 bits per heavy atom. The van der Waals surface area contributed by atoms with Gasteiger partial charge in [-0.15, -0.1) is 0 Å². The van der Waals surface area contributed by atoms with Crippen LogP contribution in [0.3, 0.4) is 0 Å². The Bertz CT molecular complexity index is 1340. The smallest absolute Gasteiger partial charge is 0.302 e. The van der Waals surface area contributed by atoms with Crippen molar-refractivity contribution in [3.05, 3.63) is 62.2 Å². The van der Waals surface area contributed by atoms with E-state index in [-0.39, 0.29) is 34.4 Å². The molecule has 0 spiro atoms. The molecule has 3 saturated carbocycles. The third-order valence-corrected chi connectivity index (χ3v) is 10.7. The van der Waals surface area contributed by atoms with Crippen molar-refractivity contribution in [2.45, 2.75) is 71.8 Å². The summed E-state index contributed by atoms with van der Waals surface area (Å²) in [7, 11) is 0. The summed E-state index contributed by atoms with van der Waals surface area (Å²) < 4.78 is 5.58. The molecule has 3 unspecified atom stereocenters. The van der Waals surface area contributed by atoms with E-state index in [4.69, 9.17) is 33.7 Å². The fraction of sp³-hybridized carbons (Fsp3) is 0.516. The molecule has 0 saturated heterocycles. The molecule has 0 radical (unpaired) electrons. The molecular weight excluding hydrogens is 519 g/mol. The normalized spacial score (nSPS) is 36.3. The van der Waals surface area contributed by atoms with Crippen molar-refractivity contribution in [1.82, 2.24) is 0 Å². The minimum Gasteiger partial charge on any atom is -0.462 e. The van der Waals surface area contributed by atoms with Gasteiger partial charge in [-0.2, -0.15) is 5.26 Å². The van der Waals surface area contributed by atoms with Gasteiger partial charge in [-0.1, -0.05) is 60.8 Å². The molecule has 5 nitrogen and oxygen atoms in total. The third kappa shape index (κ3) is 4.40. The molecule has 0 heterocycles. The summed E-state index contributed by atoms with van der Waals surface area (Å²) in [6.07, 6.45) is 10.7. The lowest BCUT2D eigenvalue weighted by molar-refractivity contribution is -0.148. The number of hydrogen-bond donors (Lipinski definition) is 1. The number of carbonyl (C=O) groups is 2. The SMILES string of the molecule is CC(=O)O[C@H]1CC[C@@]2(C)C(=CCC3C2CC[C@]2(C)C(=C(\C#N)C(N)=O)/C(=C/c4ccc(Cl)c(Cl)c4)CC32)C1. The van der Waals surface area contributed by atoms with Crippen LogP contribution >= 0.6 is 23.2 Å². The number of benzene rings is 1. The van der Waals surface area contributed by atoms with Gasteiger partial charge < -0.3 is 10.5 Å². The molecule has 4 aliphatic rings. The van der Waals surface area contributed by atoms with E-state index < -0.39 is 5.91 Å². The Morgan fingerprint density at radius 3 is 2.50 bits per heavy atom. The van der Waals surface area contributed by atoms with Crippen LogP contribution in [0.2, 0.25) is 10.0 Å². The van der Waals surface area contributed by atoms with Crippen LogP contribution < -0.4 is 5.73 Å². The maximum atomic E-state index is 12.5. The highest BCUT2D eigenvalue weighted by molar-refractivity contribution is 6.42. The number of primary amides is 1. The number of ether oxygens (including phenoxy) is 1. The van der Waals surface area contributed by atoms with Gasteiger partial charge in [0.2, 0.25) is 0 Å². The number of halogens is 2. The first kappa shape index (κ1) is 27.0. The van der Waals surface area contributed by atoms with Crippen LogP contribution in [0.4, 0.5) is 0 Å². The van der Waals surface area contributed by atoms with Crippen molar-refractivity contribution in [1.29, 1.82) is 5.26 Å². The highest BCUT2D eigenvalue weighted by Crippen LogP contribution is 2.67. The molecule has 38 heavy (non-hydrogen) atoms. The standard InChI is InChI=1S/C31H34Cl2N2O3/c1-17(36)38-21-8-10-30(2)20(15-21)5-6-22-24(30)9-11-31(3)25(22)14-19(28(31)23(16-34)29(35)37)12-18-4-7-26(32)27(33)13-18/h4-5,7,12-13,21-22,24-25H,6,8-11,14-15H2,1-3H3,(H2,35,37)/b19-12+,28-23+/t21-,22?,24?,25?,30-,31-/m0/s1.